The van der Waals surface area contributed by atoms with Gasteiger partial charge < -0.3 is 14.2 Å². The molecule has 5 rings (SSSR count). The molecule has 32 heavy (non-hydrogen) atoms. The first-order chi connectivity index (χ1) is 15.6. The predicted octanol–water partition coefficient (Wildman–Crippen LogP) is 4.24. The van der Waals surface area contributed by atoms with E-state index in [0.717, 1.165) is 22.3 Å². The zero-order chi connectivity index (χ0) is 22.1. The summed E-state index contributed by atoms with van der Waals surface area (Å²) in [6.07, 6.45) is 1.74. The van der Waals surface area contributed by atoms with Crippen molar-refractivity contribution in [3.8, 4) is 28.9 Å². The van der Waals surface area contributed by atoms with E-state index in [9.17, 15) is 8.42 Å². The smallest absolute Gasteiger partial charge is 0.337 e. The second-order valence-electron chi connectivity index (χ2n) is 7.31. The zero-order valence-electron chi connectivity index (χ0n) is 17.4. The fourth-order valence-corrected chi connectivity index (χ4v) is 4.99. The Hall–Kier alpha value is -3.59. The quantitative estimate of drug-likeness (QED) is 0.388. The molecule has 0 fully saturated rings. The van der Waals surface area contributed by atoms with Gasteiger partial charge in [-0.3, -0.25) is 0 Å². The molecule has 8 nitrogen and oxygen atoms in total. The van der Waals surface area contributed by atoms with Crippen LogP contribution in [0.2, 0.25) is 0 Å². The Kier molecular flexibility index (Phi) is 5.18. The van der Waals surface area contributed by atoms with E-state index in [1.165, 1.54) is 0 Å². The molecule has 0 bridgehead atoms. The maximum absolute atomic E-state index is 13.8. The summed E-state index contributed by atoms with van der Waals surface area (Å²) in [5, 5.41) is 5.65. The summed E-state index contributed by atoms with van der Waals surface area (Å²) in [5.41, 5.74) is 0.524. The molecule has 1 aliphatic rings. The first-order valence-electron chi connectivity index (χ1n) is 10.3. The molecule has 0 radical (unpaired) electrons. The van der Waals surface area contributed by atoms with E-state index in [0.29, 0.717) is 29.1 Å². The third-order valence-electron chi connectivity index (χ3n) is 5.17. The van der Waals surface area contributed by atoms with Crippen LogP contribution in [0.4, 0.5) is 0 Å². The number of ether oxygens (including phenoxy) is 3. The number of hydrogen-bond acceptors (Lipinski definition) is 7. The lowest BCUT2D eigenvalue weighted by atomic mass is 10.1. The van der Waals surface area contributed by atoms with Crippen LogP contribution in [0.5, 0.6) is 17.5 Å². The third kappa shape index (κ3) is 3.54. The Bertz CT molecular complexity index is 1390. The highest BCUT2D eigenvalue weighted by Crippen LogP contribution is 2.37. The Morgan fingerprint density at radius 1 is 1.03 bits per heavy atom. The fourth-order valence-electron chi connectivity index (χ4n) is 3.54. The molecule has 0 aliphatic carbocycles. The van der Waals surface area contributed by atoms with Gasteiger partial charge in [0.15, 0.2) is 17.3 Å². The first kappa shape index (κ1) is 20.3. The summed E-state index contributed by atoms with van der Waals surface area (Å²) in [6.45, 7) is 2.55. The molecule has 0 atom stereocenters. The van der Waals surface area contributed by atoms with Crippen molar-refractivity contribution in [2.24, 2.45) is 0 Å². The van der Waals surface area contributed by atoms with Gasteiger partial charge in [0.1, 0.15) is 0 Å². The lowest BCUT2D eigenvalue weighted by Crippen LogP contribution is -2.16. The van der Waals surface area contributed by atoms with E-state index in [4.69, 9.17) is 14.2 Å². The molecule has 164 valence electrons. The maximum atomic E-state index is 13.8. The SMILES string of the molecule is CCCCOc1nc(-c2ccc3c(c2)OCO3)n(S(=O)(=O)c2cccc3ccccc23)n1. The molecule has 0 saturated carbocycles. The zero-order valence-corrected chi connectivity index (χ0v) is 18.2. The van der Waals surface area contributed by atoms with Crippen molar-refractivity contribution >= 4 is 20.8 Å². The molecule has 4 aromatic rings. The highest BCUT2D eigenvalue weighted by molar-refractivity contribution is 7.90. The Balaban J connectivity index is 1.66. The summed E-state index contributed by atoms with van der Waals surface area (Å²) in [5.74, 6) is 1.26. The van der Waals surface area contributed by atoms with Gasteiger partial charge in [0.2, 0.25) is 6.79 Å². The minimum Gasteiger partial charge on any atom is -0.462 e. The standard InChI is InChI=1S/C23H21N3O5S/c1-2-3-13-29-23-24-22(17-11-12-19-20(14-17)31-15-30-19)26(25-23)32(27,28)21-10-6-8-16-7-4-5-9-18(16)21/h4-12,14H,2-3,13,15H2,1H3. The van der Waals surface area contributed by atoms with Crippen molar-refractivity contribution in [2.75, 3.05) is 13.4 Å². The highest BCUT2D eigenvalue weighted by atomic mass is 32.2. The fraction of sp³-hybridized carbons (Fsp3) is 0.217. The van der Waals surface area contributed by atoms with E-state index in [1.54, 1.807) is 42.5 Å². The van der Waals surface area contributed by atoms with Crippen LogP contribution in [0.3, 0.4) is 0 Å². The van der Waals surface area contributed by atoms with E-state index in [1.807, 2.05) is 25.1 Å². The van der Waals surface area contributed by atoms with Gasteiger partial charge in [-0.15, -0.1) is 4.09 Å². The summed E-state index contributed by atoms with van der Waals surface area (Å²) in [6, 6.07) is 17.6. The van der Waals surface area contributed by atoms with Crippen molar-refractivity contribution in [3.63, 3.8) is 0 Å². The molecule has 9 heteroatoms. The predicted molar refractivity (Wildman–Crippen MR) is 119 cm³/mol. The molecule has 3 aromatic carbocycles. The molecule has 1 aliphatic heterocycles. The Labute approximate surface area is 185 Å². The van der Waals surface area contributed by atoms with Gasteiger partial charge in [-0.1, -0.05) is 54.8 Å². The molecule has 0 unspecified atom stereocenters. The minimum atomic E-state index is -4.08. The van der Waals surface area contributed by atoms with Gasteiger partial charge in [-0.2, -0.15) is 13.4 Å². The number of rotatable bonds is 7. The molecule has 2 heterocycles. The van der Waals surface area contributed by atoms with Gasteiger partial charge in [0.25, 0.3) is 10.0 Å². The van der Waals surface area contributed by atoms with Crippen LogP contribution in [0, 0.1) is 0 Å². The van der Waals surface area contributed by atoms with Gasteiger partial charge >= 0.3 is 6.01 Å². The monoisotopic (exact) mass is 451 g/mol. The van der Waals surface area contributed by atoms with Gasteiger partial charge in [0, 0.05) is 10.9 Å². The van der Waals surface area contributed by atoms with Gasteiger partial charge in [-0.05, 0) is 36.1 Å². The second-order valence-corrected chi connectivity index (χ2v) is 9.05. The molecule has 0 N–H and O–H groups in total. The lowest BCUT2D eigenvalue weighted by Gasteiger charge is -2.10. The van der Waals surface area contributed by atoms with Crippen LogP contribution in [-0.2, 0) is 10.0 Å². The highest BCUT2D eigenvalue weighted by Gasteiger charge is 2.28. The number of fused-ring (bicyclic) bond motifs is 2. The summed E-state index contributed by atoms with van der Waals surface area (Å²) in [4.78, 5) is 4.54. The average Bonchev–Trinajstić information content (AvgIpc) is 3.46. The summed E-state index contributed by atoms with van der Waals surface area (Å²) >= 11 is 0. The van der Waals surface area contributed by atoms with Gasteiger partial charge in [0.05, 0.1) is 11.5 Å². The average molecular weight is 452 g/mol. The number of nitrogens with zero attached hydrogens (tertiary/aromatic N) is 3. The molecule has 1 aromatic heterocycles. The Morgan fingerprint density at radius 3 is 2.72 bits per heavy atom. The normalized spacial score (nSPS) is 12.9. The van der Waals surface area contributed by atoms with E-state index >= 15 is 0 Å². The number of hydrogen-bond donors (Lipinski definition) is 0. The topological polar surface area (TPSA) is 92.5 Å². The van der Waals surface area contributed by atoms with E-state index in [-0.39, 0.29) is 23.5 Å². The Morgan fingerprint density at radius 2 is 1.84 bits per heavy atom. The first-order valence-corrected chi connectivity index (χ1v) is 11.7. The van der Waals surface area contributed by atoms with Crippen LogP contribution in [0.15, 0.2) is 65.6 Å². The van der Waals surface area contributed by atoms with Crippen LogP contribution in [-0.4, -0.2) is 36.0 Å². The third-order valence-corrected chi connectivity index (χ3v) is 6.80. The molecular formula is C23H21N3O5S. The van der Waals surface area contributed by atoms with Crippen molar-refractivity contribution in [1.29, 1.82) is 0 Å². The lowest BCUT2D eigenvalue weighted by molar-refractivity contribution is 0.174. The van der Waals surface area contributed by atoms with Crippen LogP contribution >= 0.6 is 0 Å². The summed E-state index contributed by atoms with van der Waals surface area (Å²) < 4.78 is 44.9. The van der Waals surface area contributed by atoms with Crippen LogP contribution < -0.4 is 14.2 Å². The second kappa shape index (κ2) is 8.16. The van der Waals surface area contributed by atoms with Gasteiger partial charge in [-0.25, -0.2) is 0 Å². The maximum Gasteiger partial charge on any atom is 0.337 e. The van der Waals surface area contributed by atoms with Crippen molar-refractivity contribution < 1.29 is 22.6 Å². The molecule has 0 spiro atoms. The number of aromatic nitrogens is 3. The van der Waals surface area contributed by atoms with E-state index in [2.05, 4.69) is 10.1 Å². The minimum absolute atomic E-state index is 0.00919. The summed E-state index contributed by atoms with van der Waals surface area (Å²) in [7, 11) is -4.08. The number of unbranched alkanes of at least 4 members (excludes halogenated alkanes) is 1. The van der Waals surface area contributed by atoms with E-state index < -0.39 is 10.0 Å². The largest absolute Gasteiger partial charge is 0.462 e. The number of benzene rings is 3. The van der Waals surface area contributed by atoms with Crippen LogP contribution in [0.25, 0.3) is 22.2 Å². The molecular weight excluding hydrogens is 430 g/mol. The molecule has 0 saturated heterocycles. The van der Waals surface area contributed by atoms with Crippen molar-refractivity contribution in [3.05, 3.63) is 60.7 Å². The molecule has 0 amide bonds. The van der Waals surface area contributed by atoms with Crippen molar-refractivity contribution in [2.45, 2.75) is 24.7 Å². The van der Waals surface area contributed by atoms with Crippen LogP contribution in [0.1, 0.15) is 19.8 Å². The van der Waals surface area contributed by atoms with Crippen molar-refractivity contribution in [1.82, 2.24) is 14.2 Å².